The summed E-state index contributed by atoms with van der Waals surface area (Å²) in [4.78, 5) is 2.15. The molecule has 0 aliphatic rings. The normalized spacial score (nSPS) is 15.6. The van der Waals surface area contributed by atoms with Gasteiger partial charge in [0.05, 0.1) is 6.07 Å². The number of rotatable bonds is 6. The lowest BCUT2D eigenvalue weighted by atomic mass is 9.96. The van der Waals surface area contributed by atoms with Gasteiger partial charge in [0.25, 0.3) is 0 Å². The summed E-state index contributed by atoms with van der Waals surface area (Å²) in [7, 11) is 4.11. The maximum Gasteiger partial charge on any atom is 0.104 e. The summed E-state index contributed by atoms with van der Waals surface area (Å²) in [6, 6.07) is 2.71. The first-order valence-corrected chi connectivity index (χ1v) is 5.23. The van der Waals surface area contributed by atoms with Gasteiger partial charge in [-0.15, -0.1) is 0 Å². The molecular formula is C11H23N3. The summed E-state index contributed by atoms with van der Waals surface area (Å²) in [6.07, 6.45) is 1.96. The molecule has 0 bridgehead atoms. The van der Waals surface area contributed by atoms with Crippen LogP contribution in [0.25, 0.3) is 0 Å². The SMILES string of the molecule is CC(C)NC(C)(C#N)CCCN(C)C. The Morgan fingerprint density at radius 2 is 2.00 bits per heavy atom. The van der Waals surface area contributed by atoms with E-state index in [9.17, 15) is 0 Å². The molecule has 1 N–H and O–H groups in total. The molecule has 1 atom stereocenters. The van der Waals surface area contributed by atoms with Gasteiger partial charge in [-0.2, -0.15) is 5.26 Å². The fourth-order valence-corrected chi connectivity index (χ4v) is 1.55. The van der Waals surface area contributed by atoms with Crippen LogP contribution in [-0.4, -0.2) is 37.1 Å². The van der Waals surface area contributed by atoms with E-state index >= 15 is 0 Å². The summed E-state index contributed by atoms with van der Waals surface area (Å²) in [5.74, 6) is 0. The van der Waals surface area contributed by atoms with Crippen LogP contribution in [0.3, 0.4) is 0 Å². The van der Waals surface area contributed by atoms with Crippen LogP contribution >= 0.6 is 0 Å². The minimum Gasteiger partial charge on any atom is -0.309 e. The molecule has 0 radical (unpaired) electrons. The summed E-state index contributed by atoms with van der Waals surface area (Å²) in [5.41, 5.74) is -0.371. The number of hydrogen-bond donors (Lipinski definition) is 1. The second kappa shape index (κ2) is 6.00. The Hall–Kier alpha value is -0.590. The molecule has 3 heteroatoms. The van der Waals surface area contributed by atoms with Gasteiger partial charge in [-0.1, -0.05) is 0 Å². The molecule has 82 valence electrons. The zero-order chi connectivity index (χ0) is 11.2. The molecular weight excluding hydrogens is 174 g/mol. The third kappa shape index (κ3) is 5.95. The molecule has 0 aliphatic heterocycles. The summed E-state index contributed by atoms with van der Waals surface area (Å²) < 4.78 is 0. The van der Waals surface area contributed by atoms with Gasteiger partial charge in [0.15, 0.2) is 0 Å². The van der Waals surface area contributed by atoms with Crippen molar-refractivity contribution in [2.24, 2.45) is 0 Å². The van der Waals surface area contributed by atoms with Crippen LogP contribution in [0.2, 0.25) is 0 Å². The quantitative estimate of drug-likeness (QED) is 0.703. The van der Waals surface area contributed by atoms with Gasteiger partial charge in [-0.25, -0.2) is 0 Å². The lowest BCUT2D eigenvalue weighted by molar-refractivity contribution is 0.333. The Morgan fingerprint density at radius 1 is 1.43 bits per heavy atom. The summed E-state index contributed by atoms with van der Waals surface area (Å²) >= 11 is 0. The smallest absolute Gasteiger partial charge is 0.104 e. The van der Waals surface area contributed by atoms with Gasteiger partial charge in [0.2, 0.25) is 0 Å². The first-order valence-electron chi connectivity index (χ1n) is 5.23. The maximum absolute atomic E-state index is 9.07. The molecule has 14 heavy (non-hydrogen) atoms. The van der Waals surface area contributed by atoms with Gasteiger partial charge >= 0.3 is 0 Å². The molecule has 0 saturated heterocycles. The molecule has 0 aromatic heterocycles. The average Bonchev–Trinajstić information content (AvgIpc) is 2.02. The fourth-order valence-electron chi connectivity index (χ4n) is 1.55. The van der Waals surface area contributed by atoms with Crippen LogP contribution in [0, 0.1) is 11.3 Å². The van der Waals surface area contributed by atoms with E-state index in [0.717, 1.165) is 19.4 Å². The lowest BCUT2D eigenvalue weighted by Gasteiger charge is -2.26. The molecule has 0 saturated carbocycles. The molecule has 0 rings (SSSR count). The van der Waals surface area contributed by atoms with Crippen LogP contribution in [0.1, 0.15) is 33.6 Å². The van der Waals surface area contributed by atoms with Gasteiger partial charge in [0, 0.05) is 6.04 Å². The van der Waals surface area contributed by atoms with Crippen molar-refractivity contribution in [2.75, 3.05) is 20.6 Å². The standard InChI is InChI=1S/C11H23N3/c1-10(2)13-11(3,9-12)7-6-8-14(4)5/h10,13H,6-8H2,1-5H3. The van der Waals surface area contributed by atoms with E-state index in [4.69, 9.17) is 5.26 Å². The molecule has 0 heterocycles. The topological polar surface area (TPSA) is 39.1 Å². The third-order valence-electron chi connectivity index (χ3n) is 2.14. The first-order chi connectivity index (χ1) is 6.39. The second-order valence-electron chi connectivity index (χ2n) is 4.65. The number of nitriles is 1. The Kier molecular flexibility index (Phi) is 5.75. The minimum absolute atomic E-state index is 0.360. The zero-order valence-electron chi connectivity index (χ0n) is 10.1. The van der Waals surface area contributed by atoms with E-state index in [1.807, 2.05) is 6.92 Å². The summed E-state index contributed by atoms with van der Waals surface area (Å²) in [5, 5.41) is 12.4. The Balaban J connectivity index is 3.95. The predicted molar refractivity (Wildman–Crippen MR) is 60.1 cm³/mol. The van der Waals surface area contributed by atoms with Crippen molar-refractivity contribution in [2.45, 2.75) is 45.2 Å². The van der Waals surface area contributed by atoms with Crippen LogP contribution in [0.5, 0.6) is 0 Å². The molecule has 0 aliphatic carbocycles. The van der Waals surface area contributed by atoms with E-state index < -0.39 is 0 Å². The van der Waals surface area contributed by atoms with E-state index in [-0.39, 0.29) is 5.54 Å². The van der Waals surface area contributed by atoms with E-state index in [1.165, 1.54) is 0 Å². The second-order valence-corrected chi connectivity index (χ2v) is 4.65. The average molecular weight is 197 g/mol. The van der Waals surface area contributed by atoms with Gasteiger partial charge in [-0.05, 0) is 54.3 Å². The van der Waals surface area contributed by atoms with Gasteiger partial charge < -0.3 is 4.90 Å². The highest BCUT2D eigenvalue weighted by Crippen LogP contribution is 2.12. The number of nitrogens with one attached hydrogen (secondary N) is 1. The van der Waals surface area contributed by atoms with Crippen LogP contribution in [0.15, 0.2) is 0 Å². The maximum atomic E-state index is 9.07. The fraction of sp³-hybridized carbons (Fsp3) is 0.909. The zero-order valence-corrected chi connectivity index (χ0v) is 10.1. The molecule has 0 spiro atoms. The molecule has 1 unspecified atom stereocenters. The Bertz CT molecular complexity index is 193. The molecule has 0 fully saturated rings. The van der Waals surface area contributed by atoms with Crippen molar-refractivity contribution in [1.82, 2.24) is 10.2 Å². The minimum atomic E-state index is -0.371. The highest BCUT2D eigenvalue weighted by molar-refractivity contribution is 5.04. The largest absolute Gasteiger partial charge is 0.309 e. The van der Waals surface area contributed by atoms with Crippen molar-refractivity contribution in [3.63, 3.8) is 0 Å². The summed E-state index contributed by atoms with van der Waals surface area (Å²) in [6.45, 7) is 7.16. The van der Waals surface area contributed by atoms with E-state index in [0.29, 0.717) is 6.04 Å². The number of nitrogens with zero attached hydrogens (tertiary/aromatic N) is 2. The van der Waals surface area contributed by atoms with Crippen LogP contribution in [-0.2, 0) is 0 Å². The predicted octanol–water partition coefficient (Wildman–Crippen LogP) is 1.61. The lowest BCUT2D eigenvalue weighted by Crippen LogP contribution is -2.45. The Morgan fingerprint density at radius 3 is 2.36 bits per heavy atom. The molecule has 0 amide bonds. The van der Waals surface area contributed by atoms with Crippen LogP contribution < -0.4 is 5.32 Å². The molecule has 0 aromatic carbocycles. The van der Waals surface area contributed by atoms with Gasteiger partial charge in [0.1, 0.15) is 5.54 Å². The van der Waals surface area contributed by atoms with Crippen molar-refractivity contribution >= 4 is 0 Å². The van der Waals surface area contributed by atoms with Gasteiger partial charge in [-0.3, -0.25) is 5.32 Å². The van der Waals surface area contributed by atoms with E-state index in [1.54, 1.807) is 0 Å². The molecule has 0 aromatic rings. The van der Waals surface area contributed by atoms with E-state index in [2.05, 4.69) is 44.2 Å². The highest BCUT2D eigenvalue weighted by atomic mass is 15.1. The molecule has 3 nitrogen and oxygen atoms in total. The Labute approximate surface area is 88.1 Å². The third-order valence-corrected chi connectivity index (χ3v) is 2.14. The van der Waals surface area contributed by atoms with Crippen molar-refractivity contribution in [1.29, 1.82) is 5.26 Å². The van der Waals surface area contributed by atoms with Crippen molar-refractivity contribution in [3.05, 3.63) is 0 Å². The monoisotopic (exact) mass is 197 g/mol. The van der Waals surface area contributed by atoms with Crippen molar-refractivity contribution < 1.29 is 0 Å². The number of hydrogen-bond acceptors (Lipinski definition) is 3. The highest BCUT2D eigenvalue weighted by Gasteiger charge is 2.23. The van der Waals surface area contributed by atoms with Crippen LogP contribution in [0.4, 0.5) is 0 Å². The first kappa shape index (κ1) is 13.4. The van der Waals surface area contributed by atoms with Crippen molar-refractivity contribution in [3.8, 4) is 6.07 Å².